The Balaban J connectivity index is 2.04. The summed E-state index contributed by atoms with van der Waals surface area (Å²) >= 11 is 0. The maximum Gasteiger partial charge on any atom is 0.410 e. The first-order valence-corrected chi connectivity index (χ1v) is 12.4. The number of aliphatic hydroxyl groups is 2. The number of amides is 1. The molecule has 1 aromatic rings. The molecule has 1 amide bonds. The molecule has 152 valence electrons. The molecule has 7 heteroatoms. The number of likely N-dealkylation sites (tertiary alicyclic amines) is 1. The van der Waals surface area contributed by atoms with E-state index in [0.29, 0.717) is 13.1 Å². The number of hydrogen-bond donors (Lipinski definition) is 2. The lowest BCUT2D eigenvalue weighted by Crippen LogP contribution is -2.47. The standard InChI is InChI=1S/C20H33NO5Si/c1-20(2,3)27(4,5)26-18-12-21(11-16(18)17(23)13-22)19(24)25-14-15-9-7-6-8-10-15/h6-10,16-18,22-23H,11-14H2,1-5H3. The molecule has 0 saturated carbocycles. The Morgan fingerprint density at radius 3 is 2.44 bits per heavy atom. The van der Waals surface area contributed by atoms with Gasteiger partial charge < -0.3 is 24.3 Å². The summed E-state index contributed by atoms with van der Waals surface area (Å²) in [4.78, 5) is 14.1. The molecule has 1 aliphatic heterocycles. The SMILES string of the molecule is CC(C)(C)[Si](C)(C)OC1CN(C(=O)OCc2ccccc2)CC1C(O)CO. The van der Waals surface area contributed by atoms with Gasteiger partial charge in [0.15, 0.2) is 8.32 Å². The number of ether oxygens (including phenoxy) is 1. The van der Waals surface area contributed by atoms with Crippen LogP contribution in [0.15, 0.2) is 30.3 Å². The predicted molar refractivity (Wildman–Crippen MR) is 107 cm³/mol. The fraction of sp³-hybridized carbons (Fsp3) is 0.650. The molecule has 0 aromatic heterocycles. The summed E-state index contributed by atoms with van der Waals surface area (Å²) in [7, 11) is -2.08. The Bertz CT molecular complexity index is 617. The second kappa shape index (κ2) is 8.73. The first-order valence-electron chi connectivity index (χ1n) is 9.47. The van der Waals surface area contributed by atoms with Crippen molar-refractivity contribution in [2.24, 2.45) is 5.92 Å². The predicted octanol–water partition coefficient (Wildman–Crippen LogP) is 3.00. The van der Waals surface area contributed by atoms with Gasteiger partial charge in [-0.3, -0.25) is 0 Å². The van der Waals surface area contributed by atoms with Crippen LogP contribution < -0.4 is 0 Å². The fourth-order valence-corrected chi connectivity index (χ4v) is 4.30. The highest BCUT2D eigenvalue weighted by molar-refractivity contribution is 6.74. The fourth-order valence-electron chi connectivity index (χ4n) is 2.94. The minimum absolute atomic E-state index is 0.0168. The molecule has 1 saturated heterocycles. The van der Waals surface area contributed by atoms with Gasteiger partial charge in [0, 0.05) is 19.0 Å². The zero-order valence-corrected chi connectivity index (χ0v) is 18.0. The van der Waals surface area contributed by atoms with Crippen LogP contribution in [-0.4, -0.2) is 61.4 Å². The Labute approximate surface area is 163 Å². The molecule has 1 aliphatic rings. The highest BCUT2D eigenvalue weighted by atomic mass is 28.4. The lowest BCUT2D eigenvalue weighted by molar-refractivity contribution is 0.0105. The Morgan fingerprint density at radius 1 is 1.26 bits per heavy atom. The molecule has 2 rings (SSSR count). The van der Waals surface area contributed by atoms with E-state index >= 15 is 0 Å². The first kappa shape index (κ1) is 21.9. The largest absolute Gasteiger partial charge is 0.445 e. The van der Waals surface area contributed by atoms with E-state index in [0.717, 1.165) is 5.56 Å². The van der Waals surface area contributed by atoms with Crippen molar-refractivity contribution in [3.63, 3.8) is 0 Å². The van der Waals surface area contributed by atoms with E-state index in [9.17, 15) is 15.0 Å². The normalized spacial score (nSPS) is 22.0. The Kier molecular flexibility index (Phi) is 7.07. The Hall–Kier alpha value is -1.41. The van der Waals surface area contributed by atoms with Gasteiger partial charge >= 0.3 is 6.09 Å². The van der Waals surface area contributed by atoms with Gasteiger partial charge in [0.2, 0.25) is 0 Å². The van der Waals surface area contributed by atoms with Crippen LogP contribution in [0.25, 0.3) is 0 Å². The number of aliphatic hydroxyl groups excluding tert-OH is 2. The summed E-state index contributed by atoms with van der Waals surface area (Å²) in [5, 5.41) is 19.7. The monoisotopic (exact) mass is 395 g/mol. The minimum Gasteiger partial charge on any atom is -0.445 e. The average molecular weight is 396 g/mol. The van der Waals surface area contributed by atoms with Crippen molar-refractivity contribution in [1.29, 1.82) is 0 Å². The second-order valence-electron chi connectivity index (χ2n) is 8.78. The van der Waals surface area contributed by atoms with Gasteiger partial charge in [-0.25, -0.2) is 4.79 Å². The molecule has 6 nitrogen and oxygen atoms in total. The zero-order valence-electron chi connectivity index (χ0n) is 17.0. The molecular weight excluding hydrogens is 362 g/mol. The molecule has 1 aromatic carbocycles. The van der Waals surface area contributed by atoms with Crippen molar-refractivity contribution >= 4 is 14.4 Å². The summed E-state index contributed by atoms with van der Waals surface area (Å²) in [5.74, 6) is -0.326. The molecule has 0 aliphatic carbocycles. The molecule has 0 spiro atoms. The van der Waals surface area contributed by atoms with E-state index in [4.69, 9.17) is 9.16 Å². The van der Waals surface area contributed by atoms with Crippen molar-refractivity contribution in [2.45, 2.75) is 57.7 Å². The molecular formula is C20H33NO5Si. The van der Waals surface area contributed by atoms with E-state index < -0.39 is 20.5 Å². The van der Waals surface area contributed by atoms with Gasteiger partial charge in [0.05, 0.1) is 18.8 Å². The molecule has 1 heterocycles. The molecule has 3 unspecified atom stereocenters. The zero-order chi connectivity index (χ0) is 20.2. The highest BCUT2D eigenvalue weighted by Crippen LogP contribution is 2.39. The van der Waals surface area contributed by atoms with Gasteiger partial charge in [-0.15, -0.1) is 0 Å². The van der Waals surface area contributed by atoms with Crippen LogP contribution in [0.1, 0.15) is 26.3 Å². The van der Waals surface area contributed by atoms with E-state index in [1.54, 1.807) is 4.90 Å². The third-order valence-electron chi connectivity index (χ3n) is 5.71. The van der Waals surface area contributed by atoms with Crippen molar-refractivity contribution in [3.05, 3.63) is 35.9 Å². The van der Waals surface area contributed by atoms with E-state index in [-0.39, 0.29) is 30.3 Å². The number of rotatable bonds is 6. The number of hydrogen-bond acceptors (Lipinski definition) is 5. The van der Waals surface area contributed by atoms with Gasteiger partial charge in [-0.05, 0) is 23.7 Å². The van der Waals surface area contributed by atoms with Gasteiger partial charge in [0.1, 0.15) is 6.61 Å². The smallest absolute Gasteiger partial charge is 0.410 e. The number of carbonyl (C=O) groups is 1. The van der Waals surface area contributed by atoms with Crippen LogP contribution in [0.5, 0.6) is 0 Å². The molecule has 0 bridgehead atoms. The van der Waals surface area contributed by atoms with Crippen LogP contribution >= 0.6 is 0 Å². The van der Waals surface area contributed by atoms with Gasteiger partial charge in [-0.1, -0.05) is 51.1 Å². The minimum atomic E-state index is -2.08. The topological polar surface area (TPSA) is 79.2 Å². The Morgan fingerprint density at radius 2 is 1.89 bits per heavy atom. The van der Waals surface area contributed by atoms with Crippen molar-refractivity contribution in [2.75, 3.05) is 19.7 Å². The number of nitrogens with zero attached hydrogens (tertiary/aromatic N) is 1. The van der Waals surface area contributed by atoms with Crippen LogP contribution in [0.3, 0.4) is 0 Å². The molecule has 27 heavy (non-hydrogen) atoms. The number of benzene rings is 1. The maximum atomic E-state index is 12.5. The van der Waals surface area contributed by atoms with E-state index in [2.05, 4.69) is 33.9 Å². The third-order valence-corrected chi connectivity index (χ3v) is 10.2. The van der Waals surface area contributed by atoms with Crippen LogP contribution in [0.2, 0.25) is 18.1 Å². The molecule has 1 fully saturated rings. The summed E-state index contributed by atoms with van der Waals surface area (Å²) < 4.78 is 11.9. The van der Waals surface area contributed by atoms with Crippen molar-refractivity contribution < 1.29 is 24.2 Å². The lowest BCUT2D eigenvalue weighted by atomic mass is 10.00. The molecule has 3 atom stereocenters. The van der Waals surface area contributed by atoms with Crippen LogP contribution in [-0.2, 0) is 15.8 Å². The third kappa shape index (κ3) is 5.54. The summed E-state index contributed by atoms with van der Waals surface area (Å²) in [6.07, 6.45) is -1.65. The maximum absolute atomic E-state index is 12.5. The summed E-state index contributed by atoms with van der Waals surface area (Å²) in [6.45, 7) is 11.3. The van der Waals surface area contributed by atoms with E-state index in [1.165, 1.54) is 0 Å². The first-order chi connectivity index (χ1) is 12.5. The van der Waals surface area contributed by atoms with Crippen molar-refractivity contribution in [1.82, 2.24) is 4.90 Å². The number of carbonyl (C=O) groups excluding carboxylic acids is 1. The van der Waals surface area contributed by atoms with Gasteiger partial charge in [-0.2, -0.15) is 0 Å². The summed E-state index contributed by atoms with van der Waals surface area (Å²) in [5.41, 5.74) is 0.922. The summed E-state index contributed by atoms with van der Waals surface area (Å²) in [6, 6.07) is 9.51. The highest BCUT2D eigenvalue weighted by Gasteiger charge is 2.46. The molecule has 0 radical (unpaired) electrons. The van der Waals surface area contributed by atoms with E-state index in [1.807, 2.05) is 30.3 Å². The lowest BCUT2D eigenvalue weighted by Gasteiger charge is -2.40. The quantitative estimate of drug-likeness (QED) is 0.724. The second-order valence-corrected chi connectivity index (χ2v) is 13.5. The average Bonchev–Trinajstić information content (AvgIpc) is 3.02. The molecule has 2 N–H and O–H groups in total. The van der Waals surface area contributed by atoms with Crippen LogP contribution in [0, 0.1) is 5.92 Å². The van der Waals surface area contributed by atoms with Crippen LogP contribution in [0.4, 0.5) is 4.79 Å². The van der Waals surface area contributed by atoms with Crippen molar-refractivity contribution in [3.8, 4) is 0 Å². The van der Waals surface area contributed by atoms with Gasteiger partial charge in [0.25, 0.3) is 0 Å².